The number of carbonyl (C=O) groups excluding carboxylic acids is 6. The van der Waals surface area contributed by atoms with Gasteiger partial charge in [0.1, 0.15) is 57.7 Å². The number of rotatable bonds is 25. The van der Waals surface area contributed by atoms with Crippen molar-refractivity contribution in [3.8, 4) is 11.5 Å². The molecule has 19 nitrogen and oxygen atoms in total. The molecule has 0 saturated heterocycles. The monoisotopic (exact) mass is 1120 g/mol. The van der Waals surface area contributed by atoms with E-state index in [2.05, 4.69) is 31.6 Å². The molecule has 3 rings (SSSR count). The standard InChI is InChI=1S/C61H93N7O12/c1-56(2,3)76-45-32-28-42(29-33-45)39-47(62)49(69)68-61(40-43-30-34-46(35-31-43)77-57(4,5)6,36-22-16-17-23-37-63-52(66-54(73)79-59(10,11)12)67-55(74)80-60(13,14)15)51(71)65-48(50(70)75-41-44-25-19-18-20-26-44)27-21-24-38-64-53(72)78-58(7,8)9/h18-20,25-26,28-35,47-48H,16-17,21-24,27,36-41,62H2,1-15H3,(H,64,72)(H,65,71)(H,68,69)(H2,63,66,67,73,74)/t47-,48-,61-/m0/s1. The van der Waals surface area contributed by atoms with E-state index in [4.69, 9.17) is 34.2 Å². The van der Waals surface area contributed by atoms with Gasteiger partial charge in [0.2, 0.25) is 17.8 Å². The zero-order valence-corrected chi connectivity index (χ0v) is 50.3. The molecule has 0 saturated carbocycles. The molecule has 0 aliphatic heterocycles. The van der Waals surface area contributed by atoms with Crippen LogP contribution in [0.3, 0.4) is 0 Å². The van der Waals surface area contributed by atoms with Gasteiger partial charge in [-0.15, -0.1) is 4.99 Å². The Morgan fingerprint density at radius 1 is 0.550 bits per heavy atom. The van der Waals surface area contributed by atoms with Gasteiger partial charge in [-0.05, 0) is 183 Å². The number of nitrogens with two attached hydrogens (primary N) is 1. The van der Waals surface area contributed by atoms with Crippen molar-refractivity contribution in [2.45, 2.75) is 220 Å². The van der Waals surface area contributed by atoms with Gasteiger partial charge in [0.25, 0.3) is 0 Å². The van der Waals surface area contributed by atoms with E-state index in [0.717, 1.165) is 11.1 Å². The van der Waals surface area contributed by atoms with Crippen molar-refractivity contribution in [3.63, 3.8) is 0 Å². The van der Waals surface area contributed by atoms with Crippen molar-refractivity contribution in [1.29, 1.82) is 0 Å². The zero-order chi connectivity index (χ0) is 60.0. The summed E-state index contributed by atoms with van der Waals surface area (Å²) in [4.78, 5) is 86.1. The molecule has 0 aliphatic carbocycles. The first-order valence-corrected chi connectivity index (χ1v) is 27.8. The first-order valence-electron chi connectivity index (χ1n) is 27.8. The molecule has 0 bridgehead atoms. The summed E-state index contributed by atoms with van der Waals surface area (Å²) in [6.45, 7) is 27.7. The van der Waals surface area contributed by atoms with Gasteiger partial charge in [-0.25, -0.2) is 19.2 Å². The number of hydrogen-bond donors (Lipinski definition) is 6. The SMILES string of the molecule is CC(C)(C)OC(=O)N=C(NCCCCCC[C@@](Cc1ccc(OC(C)(C)C)cc1)(NC(=O)[C@@H](N)Cc1ccc(OC(C)(C)C)cc1)C(=O)N[C@@H](CCCCNC(=O)OC(C)(C)C)C(=O)OCc1ccccc1)NC(=O)OC(C)(C)C. The van der Waals surface area contributed by atoms with E-state index in [1.54, 1.807) is 62.3 Å². The molecule has 0 radical (unpaired) electrons. The fourth-order valence-electron chi connectivity index (χ4n) is 7.90. The van der Waals surface area contributed by atoms with E-state index in [9.17, 15) is 24.0 Å². The zero-order valence-electron chi connectivity index (χ0n) is 50.3. The van der Waals surface area contributed by atoms with E-state index in [1.165, 1.54) is 0 Å². The predicted molar refractivity (Wildman–Crippen MR) is 310 cm³/mol. The molecule has 7 N–H and O–H groups in total. The Hall–Kier alpha value is -6.89. The summed E-state index contributed by atoms with van der Waals surface area (Å²) < 4.78 is 34.1. The minimum absolute atomic E-state index is 0.0000978. The predicted octanol–water partition coefficient (Wildman–Crippen LogP) is 10.3. The number of hydrogen-bond acceptors (Lipinski definition) is 13. The van der Waals surface area contributed by atoms with E-state index >= 15 is 4.79 Å². The number of nitrogens with one attached hydrogen (secondary N) is 5. The number of guanidine groups is 1. The third-order valence-corrected chi connectivity index (χ3v) is 11.2. The van der Waals surface area contributed by atoms with Gasteiger partial charge < -0.3 is 55.4 Å². The van der Waals surface area contributed by atoms with Crippen molar-refractivity contribution in [3.05, 3.63) is 95.6 Å². The topological polar surface area (TPSA) is 256 Å². The number of unbranched alkanes of at least 4 members (excludes halogenated alkanes) is 4. The Labute approximate surface area is 475 Å². The molecule has 5 amide bonds. The molecule has 80 heavy (non-hydrogen) atoms. The molecule has 0 spiro atoms. The number of aliphatic imine (C=N–C) groups is 1. The lowest BCUT2D eigenvalue weighted by Gasteiger charge is -2.36. The average Bonchev–Trinajstić information content (AvgIpc) is 3.31. The molecule has 0 fully saturated rings. The van der Waals surface area contributed by atoms with Crippen LogP contribution in [0.2, 0.25) is 0 Å². The molecule has 0 aliphatic rings. The molecule has 3 aromatic carbocycles. The quantitative estimate of drug-likeness (QED) is 0.0152. The average molecular weight is 1120 g/mol. The van der Waals surface area contributed by atoms with Crippen LogP contribution in [0.5, 0.6) is 11.5 Å². The Morgan fingerprint density at radius 2 is 1.06 bits per heavy atom. The van der Waals surface area contributed by atoms with Crippen LogP contribution < -0.4 is 41.8 Å². The highest BCUT2D eigenvalue weighted by molar-refractivity contribution is 5.99. The van der Waals surface area contributed by atoms with Crippen molar-refractivity contribution < 1.29 is 57.2 Å². The maximum atomic E-state index is 15.5. The van der Waals surface area contributed by atoms with Gasteiger partial charge in [0, 0.05) is 19.5 Å². The second kappa shape index (κ2) is 30.6. The summed E-state index contributed by atoms with van der Waals surface area (Å²) >= 11 is 0. The van der Waals surface area contributed by atoms with Crippen LogP contribution in [0.25, 0.3) is 0 Å². The summed E-state index contributed by atoms with van der Waals surface area (Å²) in [6.07, 6.45) is 1.05. The van der Waals surface area contributed by atoms with Crippen LogP contribution in [-0.4, -0.2) is 101 Å². The lowest BCUT2D eigenvalue weighted by Crippen LogP contribution is -2.64. The normalized spacial score (nSPS) is 13.8. The molecule has 444 valence electrons. The Balaban J connectivity index is 2.03. The lowest BCUT2D eigenvalue weighted by atomic mass is 9.83. The molecular weight excluding hydrogens is 1020 g/mol. The van der Waals surface area contributed by atoms with Gasteiger partial charge in [-0.1, -0.05) is 73.9 Å². The van der Waals surface area contributed by atoms with Crippen LogP contribution in [0.4, 0.5) is 14.4 Å². The molecule has 19 heteroatoms. The second-order valence-electron chi connectivity index (χ2n) is 25.0. The molecule has 3 atom stereocenters. The third-order valence-electron chi connectivity index (χ3n) is 11.2. The lowest BCUT2D eigenvalue weighted by molar-refractivity contribution is -0.150. The molecule has 3 aromatic rings. The van der Waals surface area contributed by atoms with Crippen LogP contribution in [0, 0.1) is 0 Å². The van der Waals surface area contributed by atoms with Crippen molar-refractivity contribution in [1.82, 2.24) is 26.6 Å². The second-order valence-corrected chi connectivity index (χ2v) is 25.0. The van der Waals surface area contributed by atoms with Crippen molar-refractivity contribution >= 4 is 42.0 Å². The van der Waals surface area contributed by atoms with Gasteiger partial charge in [0.05, 0.1) is 6.04 Å². The molecule has 0 heterocycles. The van der Waals surface area contributed by atoms with Gasteiger partial charge >= 0.3 is 24.2 Å². The number of benzene rings is 3. The number of ether oxygens (including phenoxy) is 6. The first kappa shape index (κ1) is 67.4. The number of amides is 5. The highest BCUT2D eigenvalue weighted by Crippen LogP contribution is 2.27. The Bertz CT molecular complexity index is 2470. The number of nitrogens with zero attached hydrogens (tertiary/aromatic N) is 1. The van der Waals surface area contributed by atoms with Crippen molar-refractivity contribution in [2.75, 3.05) is 13.1 Å². The summed E-state index contributed by atoms with van der Waals surface area (Å²) in [6, 6.07) is 21.5. The summed E-state index contributed by atoms with van der Waals surface area (Å²) in [5.41, 5.74) is 4.03. The minimum Gasteiger partial charge on any atom is -0.488 e. The molecule has 0 unspecified atom stereocenters. The number of esters is 1. The number of carbonyl (C=O) groups is 6. The smallest absolute Gasteiger partial charge is 0.437 e. The van der Waals surface area contributed by atoms with E-state index < -0.39 is 81.7 Å². The van der Waals surface area contributed by atoms with E-state index in [-0.39, 0.29) is 51.3 Å². The van der Waals surface area contributed by atoms with E-state index in [1.807, 2.05) is 120 Å². The van der Waals surface area contributed by atoms with Gasteiger partial charge in [0.15, 0.2) is 0 Å². The van der Waals surface area contributed by atoms with Gasteiger partial charge in [-0.2, -0.15) is 0 Å². The minimum atomic E-state index is -1.68. The van der Waals surface area contributed by atoms with Crippen LogP contribution in [-0.2, 0) is 52.8 Å². The van der Waals surface area contributed by atoms with Crippen molar-refractivity contribution in [2.24, 2.45) is 10.7 Å². The van der Waals surface area contributed by atoms with E-state index in [0.29, 0.717) is 55.6 Å². The summed E-state index contributed by atoms with van der Waals surface area (Å²) in [5, 5.41) is 14.4. The highest BCUT2D eigenvalue weighted by atomic mass is 16.6. The fourth-order valence-corrected chi connectivity index (χ4v) is 7.90. The largest absolute Gasteiger partial charge is 0.488 e. The van der Waals surface area contributed by atoms with Crippen LogP contribution >= 0.6 is 0 Å². The summed E-state index contributed by atoms with van der Waals surface area (Å²) in [7, 11) is 0. The van der Waals surface area contributed by atoms with Crippen LogP contribution in [0.15, 0.2) is 83.9 Å². The highest BCUT2D eigenvalue weighted by Gasteiger charge is 2.42. The fraction of sp³-hybridized carbons (Fsp3) is 0.590. The Morgan fingerprint density at radius 3 is 1.61 bits per heavy atom. The maximum Gasteiger partial charge on any atom is 0.437 e. The maximum absolute atomic E-state index is 15.5. The van der Waals surface area contributed by atoms with Gasteiger partial charge in [-0.3, -0.25) is 14.9 Å². The number of alkyl carbamates (subject to hydrolysis) is 2. The van der Waals surface area contributed by atoms with Crippen LogP contribution in [0.1, 0.15) is 172 Å². The first-order chi connectivity index (χ1) is 37.1. The molecular formula is C61H93N7O12. The molecule has 0 aromatic heterocycles. The third kappa shape index (κ3) is 28.8. The summed E-state index contributed by atoms with van der Waals surface area (Å²) in [5.74, 6) is -0.760. The Kier molecular flexibility index (Phi) is 25.8.